The number of carbonyl (C=O) groups excluding carboxylic acids is 1. The number of nitrogens with zero attached hydrogens (tertiary/aromatic N) is 2. The summed E-state index contributed by atoms with van der Waals surface area (Å²) in [5.41, 5.74) is 3.50. The molecule has 1 aromatic heterocycles. The lowest BCUT2D eigenvalue weighted by molar-refractivity contribution is 0.0942. The van der Waals surface area contributed by atoms with Gasteiger partial charge in [0.25, 0.3) is 5.91 Å². The highest BCUT2D eigenvalue weighted by molar-refractivity contribution is 5.93. The number of aryl methyl sites for hydroxylation is 1. The van der Waals surface area contributed by atoms with Crippen molar-refractivity contribution in [2.45, 2.75) is 6.92 Å². The third-order valence-corrected chi connectivity index (χ3v) is 4.09. The highest BCUT2D eigenvalue weighted by Gasteiger charge is 2.12. The van der Waals surface area contributed by atoms with Crippen LogP contribution in [0.25, 0.3) is 11.3 Å². The van der Waals surface area contributed by atoms with Crippen molar-refractivity contribution >= 4 is 5.91 Å². The molecule has 1 aromatic carbocycles. The average molecular weight is 313 g/mol. The molecular weight excluding hydrogens is 290 g/mol. The van der Waals surface area contributed by atoms with Gasteiger partial charge in [0.05, 0.1) is 5.69 Å². The summed E-state index contributed by atoms with van der Waals surface area (Å²) in [6.07, 6.45) is 0. The molecule has 1 aliphatic heterocycles. The molecule has 1 aliphatic rings. The first-order valence-electron chi connectivity index (χ1n) is 8.06. The molecule has 122 valence electrons. The summed E-state index contributed by atoms with van der Waals surface area (Å²) >= 11 is 0. The van der Waals surface area contributed by atoms with Crippen molar-refractivity contribution in [3.05, 3.63) is 41.6 Å². The Balaban J connectivity index is 1.52. The Kier molecular flexibility index (Phi) is 5.05. The lowest BCUT2D eigenvalue weighted by Crippen LogP contribution is -2.46. The van der Waals surface area contributed by atoms with Crippen LogP contribution in [0.5, 0.6) is 0 Å². The summed E-state index contributed by atoms with van der Waals surface area (Å²) in [5.74, 6) is -0.106. The van der Waals surface area contributed by atoms with E-state index in [9.17, 15) is 4.79 Å². The first kappa shape index (κ1) is 15.7. The van der Waals surface area contributed by atoms with Gasteiger partial charge in [-0.2, -0.15) is 5.10 Å². The topological polar surface area (TPSA) is 73.1 Å². The minimum absolute atomic E-state index is 0.106. The predicted octanol–water partition coefficient (Wildman–Crippen LogP) is 1.02. The van der Waals surface area contributed by atoms with Crippen LogP contribution in [0.15, 0.2) is 30.3 Å². The molecular formula is C17H23N5O. The molecule has 6 heteroatoms. The zero-order chi connectivity index (χ0) is 16.1. The van der Waals surface area contributed by atoms with E-state index in [1.165, 1.54) is 5.56 Å². The average Bonchev–Trinajstić information content (AvgIpc) is 3.06. The molecule has 0 aliphatic carbocycles. The number of aromatic amines is 1. The van der Waals surface area contributed by atoms with Gasteiger partial charge in [-0.25, -0.2) is 0 Å². The van der Waals surface area contributed by atoms with Crippen molar-refractivity contribution in [3.8, 4) is 11.3 Å². The maximum Gasteiger partial charge on any atom is 0.269 e. The molecule has 6 nitrogen and oxygen atoms in total. The number of benzene rings is 1. The van der Waals surface area contributed by atoms with Crippen LogP contribution in [0.4, 0.5) is 0 Å². The second-order valence-electron chi connectivity index (χ2n) is 5.88. The zero-order valence-electron chi connectivity index (χ0n) is 13.4. The molecule has 0 atom stereocenters. The highest BCUT2D eigenvalue weighted by Crippen LogP contribution is 2.18. The van der Waals surface area contributed by atoms with Crippen LogP contribution in [0, 0.1) is 6.92 Å². The largest absolute Gasteiger partial charge is 0.349 e. The van der Waals surface area contributed by atoms with E-state index in [0.29, 0.717) is 12.2 Å². The molecule has 3 N–H and O–H groups in total. The zero-order valence-corrected chi connectivity index (χ0v) is 13.4. The molecule has 0 unspecified atom stereocenters. The third kappa shape index (κ3) is 4.18. The van der Waals surface area contributed by atoms with E-state index in [-0.39, 0.29) is 5.91 Å². The molecule has 0 bridgehead atoms. The van der Waals surface area contributed by atoms with Gasteiger partial charge in [0.15, 0.2) is 0 Å². The molecule has 1 fully saturated rings. The normalized spacial score (nSPS) is 15.5. The van der Waals surface area contributed by atoms with Crippen LogP contribution in [-0.2, 0) is 0 Å². The summed E-state index contributed by atoms with van der Waals surface area (Å²) in [6, 6.07) is 9.90. The van der Waals surface area contributed by atoms with Gasteiger partial charge in [0, 0.05) is 44.8 Å². The second-order valence-corrected chi connectivity index (χ2v) is 5.88. The van der Waals surface area contributed by atoms with Gasteiger partial charge < -0.3 is 10.6 Å². The van der Waals surface area contributed by atoms with Crippen molar-refractivity contribution in [1.29, 1.82) is 0 Å². The monoisotopic (exact) mass is 313 g/mol. The van der Waals surface area contributed by atoms with E-state index in [1.54, 1.807) is 6.07 Å². The Hall–Kier alpha value is -2.18. The maximum absolute atomic E-state index is 12.2. The smallest absolute Gasteiger partial charge is 0.269 e. The number of piperazine rings is 1. The Morgan fingerprint density at radius 1 is 1.26 bits per heavy atom. The Morgan fingerprint density at radius 2 is 2.00 bits per heavy atom. The van der Waals surface area contributed by atoms with Gasteiger partial charge in [0.1, 0.15) is 5.69 Å². The van der Waals surface area contributed by atoms with E-state index < -0.39 is 0 Å². The van der Waals surface area contributed by atoms with E-state index in [4.69, 9.17) is 0 Å². The summed E-state index contributed by atoms with van der Waals surface area (Å²) in [5, 5.41) is 13.3. The molecule has 23 heavy (non-hydrogen) atoms. The summed E-state index contributed by atoms with van der Waals surface area (Å²) in [7, 11) is 0. The van der Waals surface area contributed by atoms with Crippen molar-refractivity contribution in [2.75, 3.05) is 39.3 Å². The molecule has 3 rings (SSSR count). The van der Waals surface area contributed by atoms with Gasteiger partial charge in [-0.3, -0.25) is 14.8 Å². The van der Waals surface area contributed by atoms with Crippen molar-refractivity contribution in [3.63, 3.8) is 0 Å². The van der Waals surface area contributed by atoms with Crippen LogP contribution >= 0.6 is 0 Å². The molecule has 2 aromatic rings. The number of amides is 1. The lowest BCUT2D eigenvalue weighted by Gasteiger charge is -2.26. The fraction of sp³-hybridized carbons (Fsp3) is 0.412. The van der Waals surface area contributed by atoms with Gasteiger partial charge >= 0.3 is 0 Å². The lowest BCUT2D eigenvalue weighted by atomic mass is 10.1. The molecule has 1 amide bonds. The Bertz CT molecular complexity index is 643. The van der Waals surface area contributed by atoms with Crippen LogP contribution < -0.4 is 10.6 Å². The standard InChI is InChI=1S/C17H23N5O/c1-13-2-4-14(5-3-13)15-12-16(21-20-15)17(23)19-8-11-22-9-6-18-7-10-22/h2-5,12,18H,6-11H2,1H3,(H,19,23)(H,20,21). The van der Waals surface area contributed by atoms with E-state index in [0.717, 1.165) is 44.0 Å². The predicted molar refractivity (Wildman–Crippen MR) is 90.4 cm³/mol. The minimum atomic E-state index is -0.106. The molecule has 0 radical (unpaired) electrons. The van der Waals surface area contributed by atoms with Crippen LogP contribution in [0.1, 0.15) is 16.1 Å². The molecule has 0 spiro atoms. The fourth-order valence-electron chi connectivity index (χ4n) is 2.67. The summed E-state index contributed by atoms with van der Waals surface area (Å²) < 4.78 is 0. The number of hydrogen-bond donors (Lipinski definition) is 3. The SMILES string of the molecule is Cc1ccc(-c2cc(C(=O)NCCN3CCNCC3)[nH]n2)cc1. The molecule has 2 heterocycles. The number of carbonyl (C=O) groups is 1. The van der Waals surface area contributed by atoms with E-state index in [1.807, 2.05) is 31.2 Å². The quantitative estimate of drug-likeness (QED) is 0.770. The van der Waals surface area contributed by atoms with Crippen LogP contribution in [0.3, 0.4) is 0 Å². The molecule has 0 saturated carbocycles. The van der Waals surface area contributed by atoms with Gasteiger partial charge in [-0.05, 0) is 13.0 Å². The van der Waals surface area contributed by atoms with Crippen LogP contribution in [-0.4, -0.2) is 60.3 Å². The van der Waals surface area contributed by atoms with Crippen molar-refractivity contribution < 1.29 is 4.79 Å². The Morgan fingerprint density at radius 3 is 2.74 bits per heavy atom. The fourth-order valence-corrected chi connectivity index (χ4v) is 2.67. The van der Waals surface area contributed by atoms with E-state index in [2.05, 4.69) is 25.7 Å². The maximum atomic E-state index is 12.2. The first-order valence-corrected chi connectivity index (χ1v) is 8.06. The highest BCUT2D eigenvalue weighted by atomic mass is 16.1. The summed E-state index contributed by atoms with van der Waals surface area (Å²) in [6.45, 7) is 7.70. The van der Waals surface area contributed by atoms with Crippen molar-refractivity contribution in [1.82, 2.24) is 25.7 Å². The Labute approximate surface area is 136 Å². The number of aromatic nitrogens is 2. The number of nitrogens with one attached hydrogen (secondary N) is 3. The van der Waals surface area contributed by atoms with E-state index >= 15 is 0 Å². The van der Waals surface area contributed by atoms with Gasteiger partial charge in [-0.1, -0.05) is 29.8 Å². The van der Waals surface area contributed by atoms with Gasteiger partial charge in [-0.15, -0.1) is 0 Å². The number of H-pyrrole nitrogens is 1. The summed E-state index contributed by atoms with van der Waals surface area (Å²) in [4.78, 5) is 14.5. The number of hydrogen-bond acceptors (Lipinski definition) is 4. The van der Waals surface area contributed by atoms with Gasteiger partial charge in [0.2, 0.25) is 0 Å². The first-order chi connectivity index (χ1) is 11.2. The second kappa shape index (κ2) is 7.39. The van der Waals surface area contributed by atoms with Crippen molar-refractivity contribution in [2.24, 2.45) is 0 Å². The van der Waals surface area contributed by atoms with Crippen LogP contribution in [0.2, 0.25) is 0 Å². The third-order valence-electron chi connectivity index (χ3n) is 4.09. The minimum Gasteiger partial charge on any atom is -0.349 e. The molecule has 1 saturated heterocycles. The number of rotatable bonds is 5.